The number of nitrogens with zero attached hydrogens (tertiary/aromatic N) is 2. The Morgan fingerprint density at radius 1 is 1.44 bits per heavy atom. The normalized spacial score (nSPS) is 9.67. The fourth-order valence-corrected chi connectivity index (χ4v) is 0.623. The summed E-state index contributed by atoms with van der Waals surface area (Å²) < 4.78 is 0. The summed E-state index contributed by atoms with van der Waals surface area (Å²) in [5.41, 5.74) is 2.62. The van der Waals surface area contributed by atoms with Gasteiger partial charge in [-0.25, -0.2) is 0 Å². The first kappa shape index (κ1) is 6.20. The molecule has 1 radical (unpaired) electrons. The van der Waals surface area contributed by atoms with Crippen molar-refractivity contribution in [2.75, 3.05) is 0 Å². The van der Waals surface area contributed by atoms with Gasteiger partial charge in [-0.15, -0.1) is 0 Å². The molecule has 0 amide bonds. The van der Waals surface area contributed by atoms with Gasteiger partial charge in [-0.2, -0.15) is 0 Å². The van der Waals surface area contributed by atoms with E-state index < -0.39 is 0 Å². The van der Waals surface area contributed by atoms with E-state index in [4.69, 9.17) is 0 Å². The molecule has 2 heteroatoms. The van der Waals surface area contributed by atoms with Crippen LogP contribution in [0, 0.1) is 20.8 Å². The van der Waals surface area contributed by atoms with Crippen molar-refractivity contribution >= 4 is 0 Å². The molecule has 0 atom stereocenters. The number of rotatable bonds is 0. The second kappa shape index (κ2) is 2.13. The number of hydrogen-bond donors (Lipinski definition) is 0. The maximum absolute atomic E-state index is 4.15. The smallest absolute Gasteiger partial charge is 0.0619 e. The van der Waals surface area contributed by atoms with Crippen LogP contribution in [0.4, 0.5) is 0 Å². The minimum absolute atomic E-state index is 0.764. The Balaban J connectivity index is 3.17. The van der Waals surface area contributed by atoms with E-state index in [1.54, 1.807) is 6.20 Å². The van der Waals surface area contributed by atoms with Gasteiger partial charge in [0, 0.05) is 6.20 Å². The van der Waals surface area contributed by atoms with Crippen molar-refractivity contribution in [1.82, 2.24) is 9.97 Å². The predicted molar refractivity (Wildman–Crippen MR) is 36.0 cm³/mol. The topological polar surface area (TPSA) is 25.8 Å². The lowest BCUT2D eigenvalue weighted by atomic mass is 10.3. The monoisotopic (exact) mass is 121 g/mol. The molecule has 0 saturated heterocycles. The van der Waals surface area contributed by atoms with E-state index in [9.17, 15) is 0 Å². The summed E-state index contributed by atoms with van der Waals surface area (Å²) in [6, 6.07) is 0. The summed E-state index contributed by atoms with van der Waals surface area (Å²) in [7, 11) is 0. The zero-order valence-corrected chi connectivity index (χ0v) is 5.68. The van der Waals surface area contributed by atoms with Crippen LogP contribution >= 0.6 is 0 Å². The van der Waals surface area contributed by atoms with Crippen molar-refractivity contribution in [2.24, 2.45) is 0 Å². The summed E-state index contributed by atoms with van der Waals surface area (Å²) in [6.07, 6.45) is 1.72. The molecule has 9 heavy (non-hydrogen) atoms. The van der Waals surface area contributed by atoms with E-state index in [-0.39, 0.29) is 0 Å². The molecule has 1 aromatic heterocycles. The van der Waals surface area contributed by atoms with E-state index in [1.165, 1.54) is 0 Å². The number of aromatic nitrogens is 2. The van der Waals surface area contributed by atoms with Crippen LogP contribution in [0.15, 0.2) is 6.20 Å². The fraction of sp³-hybridized carbons (Fsp3) is 0.286. The van der Waals surface area contributed by atoms with Crippen LogP contribution in [0.3, 0.4) is 0 Å². The maximum atomic E-state index is 4.15. The van der Waals surface area contributed by atoms with Gasteiger partial charge in [0.05, 0.1) is 17.1 Å². The lowest BCUT2D eigenvalue weighted by Gasteiger charge is -1.96. The Labute approximate surface area is 55.0 Å². The molecule has 0 unspecified atom stereocenters. The standard InChI is InChI=1S/C7H9N2/c1-5-4-8-6(2)7(3)9-5/h4H,2H2,1,3H3. The molecule has 47 valence electrons. The molecule has 1 aromatic rings. The van der Waals surface area contributed by atoms with Gasteiger partial charge >= 0.3 is 0 Å². The Hall–Kier alpha value is -0.920. The van der Waals surface area contributed by atoms with Gasteiger partial charge in [-0.05, 0) is 20.8 Å². The van der Waals surface area contributed by atoms with Crippen LogP contribution < -0.4 is 0 Å². The van der Waals surface area contributed by atoms with Gasteiger partial charge in [0.1, 0.15) is 0 Å². The number of hydrogen-bond acceptors (Lipinski definition) is 2. The molecule has 0 saturated carbocycles. The molecule has 0 aliphatic carbocycles. The minimum atomic E-state index is 0.764. The van der Waals surface area contributed by atoms with E-state index in [0.717, 1.165) is 17.1 Å². The highest BCUT2D eigenvalue weighted by Gasteiger charge is 1.92. The third-order valence-corrected chi connectivity index (χ3v) is 1.17. The van der Waals surface area contributed by atoms with Crippen LogP contribution in [0.1, 0.15) is 17.1 Å². The SMILES string of the molecule is [CH2]c1ncc(C)nc1C. The number of aryl methyl sites for hydroxylation is 2. The second-order valence-corrected chi connectivity index (χ2v) is 2.04. The molecule has 0 spiro atoms. The third-order valence-electron chi connectivity index (χ3n) is 1.17. The molecule has 0 fully saturated rings. The summed E-state index contributed by atoms with van der Waals surface area (Å²) in [5.74, 6) is 0. The van der Waals surface area contributed by atoms with E-state index >= 15 is 0 Å². The van der Waals surface area contributed by atoms with E-state index in [2.05, 4.69) is 16.9 Å². The Bertz CT molecular complexity index is 218. The first-order chi connectivity index (χ1) is 4.20. The summed E-state index contributed by atoms with van der Waals surface area (Å²) in [6.45, 7) is 7.51. The first-order valence-electron chi connectivity index (χ1n) is 2.82. The Morgan fingerprint density at radius 2 is 2.11 bits per heavy atom. The van der Waals surface area contributed by atoms with Gasteiger partial charge in [0.25, 0.3) is 0 Å². The van der Waals surface area contributed by atoms with Crippen molar-refractivity contribution in [3.05, 3.63) is 30.2 Å². The highest BCUT2D eigenvalue weighted by atomic mass is 14.8. The van der Waals surface area contributed by atoms with E-state index in [0.29, 0.717) is 0 Å². The van der Waals surface area contributed by atoms with Crippen LogP contribution in [-0.4, -0.2) is 9.97 Å². The molecule has 0 bridgehead atoms. The van der Waals surface area contributed by atoms with E-state index in [1.807, 2.05) is 13.8 Å². The van der Waals surface area contributed by atoms with Crippen LogP contribution in [-0.2, 0) is 0 Å². The molecule has 1 heterocycles. The summed E-state index contributed by atoms with van der Waals surface area (Å²) >= 11 is 0. The summed E-state index contributed by atoms with van der Waals surface area (Å²) in [4.78, 5) is 8.15. The highest BCUT2D eigenvalue weighted by Crippen LogP contribution is 1.98. The molecule has 1 rings (SSSR count). The van der Waals surface area contributed by atoms with Crippen molar-refractivity contribution in [3.8, 4) is 0 Å². The van der Waals surface area contributed by atoms with Gasteiger partial charge < -0.3 is 0 Å². The van der Waals surface area contributed by atoms with Crippen LogP contribution in [0.2, 0.25) is 0 Å². The zero-order chi connectivity index (χ0) is 6.85. The van der Waals surface area contributed by atoms with Gasteiger partial charge in [-0.3, -0.25) is 9.97 Å². The second-order valence-electron chi connectivity index (χ2n) is 2.04. The van der Waals surface area contributed by atoms with Crippen molar-refractivity contribution < 1.29 is 0 Å². The zero-order valence-electron chi connectivity index (χ0n) is 5.68. The average molecular weight is 121 g/mol. The maximum Gasteiger partial charge on any atom is 0.0619 e. The molecule has 0 N–H and O–H groups in total. The van der Waals surface area contributed by atoms with Crippen LogP contribution in [0.25, 0.3) is 0 Å². The molecule has 2 nitrogen and oxygen atoms in total. The molecular formula is C7H9N2. The third kappa shape index (κ3) is 1.25. The minimum Gasteiger partial charge on any atom is -0.258 e. The lowest BCUT2D eigenvalue weighted by molar-refractivity contribution is 1.03. The van der Waals surface area contributed by atoms with Crippen LogP contribution in [0.5, 0.6) is 0 Å². The average Bonchev–Trinajstić information content (AvgIpc) is 1.80. The van der Waals surface area contributed by atoms with Gasteiger partial charge in [0.15, 0.2) is 0 Å². The lowest BCUT2D eigenvalue weighted by Crippen LogP contribution is -1.92. The molecular weight excluding hydrogens is 112 g/mol. The van der Waals surface area contributed by atoms with Gasteiger partial charge in [0.2, 0.25) is 0 Å². The Morgan fingerprint density at radius 3 is 2.56 bits per heavy atom. The fourth-order valence-electron chi connectivity index (χ4n) is 0.623. The molecule has 0 aliphatic heterocycles. The quantitative estimate of drug-likeness (QED) is 0.516. The van der Waals surface area contributed by atoms with Crippen molar-refractivity contribution in [2.45, 2.75) is 13.8 Å². The molecule has 0 aliphatic rings. The summed E-state index contributed by atoms with van der Waals surface area (Å²) in [5, 5.41) is 0. The highest BCUT2D eigenvalue weighted by molar-refractivity contribution is 5.13. The van der Waals surface area contributed by atoms with Gasteiger partial charge in [-0.1, -0.05) is 0 Å². The molecule has 0 aromatic carbocycles. The Kier molecular flexibility index (Phi) is 1.47. The van der Waals surface area contributed by atoms with Crippen molar-refractivity contribution in [1.29, 1.82) is 0 Å². The van der Waals surface area contributed by atoms with Crippen molar-refractivity contribution in [3.63, 3.8) is 0 Å². The predicted octanol–water partition coefficient (Wildman–Crippen LogP) is 1.28. The first-order valence-corrected chi connectivity index (χ1v) is 2.82. The largest absolute Gasteiger partial charge is 0.258 e.